The van der Waals surface area contributed by atoms with E-state index in [0.29, 0.717) is 38.7 Å². The van der Waals surface area contributed by atoms with Gasteiger partial charge in [0.15, 0.2) is 0 Å². The molecule has 0 spiro atoms. The number of aryl methyl sites for hydroxylation is 2. The summed E-state index contributed by atoms with van der Waals surface area (Å²) >= 11 is 0. The molecule has 1 N–H and O–H groups in total. The molecule has 1 aromatic heterocycles. The number of carbonyl (C=O) groups is 2. The second-order valence-corrected chi connectivity index (χ2v) is 9.60. The van der Waals surface area contributed by atoms with E-state index < -0.39 is 0 Å². The minimum absolute atomic E-state index is 0.0241. The average molecular weight is 501 g/mol. The number of benzene rings is 2. The van der Waals surface area contributed by atoms with Crippen molar-refractivity contribution in [2.75, 3.05) is 55.0 Å². The van der Waals surface area contributed by atoms with Crippen LogP contribution in [0.3, 0.4) is 0 Å². The topological polar surface area (TPSA) is 90.9 Å². The molecule has 2 aliphatic rings. The molecule has 9 nitrogen and oxygen atoms in total. The van der Waals surface area contributed by atoms with E-state index in [1.165, 1.54) is 5.56 Å². The van der Waals surface area contributed by atoms with Crippen LogP contribution in [-0.2, 0) is 9.59 Å². The first kappa shape index (κ1) is 24.5. The molecule has 2 saturated heterocycles. The second-order valence-electron chi connectivity index (χ2n) is 9.60. The Morgan fingerprint density at radius 3 is 2.35 bits per heavy atom. The molecule has 2 aromatic carbocycles. The van der Waals surface area contributed by atoms with Crippen LogP contribution >= 0.6 is 0 Å². The van der Waals surface area contributed by atoms with Crippen LogP contribution in [0.4, 0.5) is 23.1 Å². The fourth-order valence-corrected chi connectivity index (χ4v) is 4.81. The van der Waals surface area contributed by atoms with Gasteiger partial charge in [-0.05, 0) is 50.2 Å². The fraction of sp³-hybridized carbons (Fsp3) is 0.357. The van der Waals surface area contributed by atoms with Crippen molar-refractivity contribution in [2.24, 2.45) is 5.92 Å². The van der Waals surface area contributed by atoms with E-state index in [-0.39, 0.29) is 24.2 Å². The lowest BCUT2D eigenvalue weighted by atomic mass is 10.1. The second kappa shape index (κ2) is 10.5. The largest absolute Gasteiger partial charge is 0.497 e. The van der Waals surface area contributed by atoms with E-state index in [2.05, 4.69) is 34.3 Å². The molecule has 2 amide bonds. The Hall–Kier alpha value is -4.14. The molecule has 3 aromatic rings. The molecule has 37 heavy (non-hydrogen) atoms. The number of carbonyl (C=O) groups excluding carboxylic acids is 2. The highest BCUT2D eigenvalue weighted by molar-refractivity contribution is 6.00. The molecule has 3 heterocycles. The van der Waals surface area contributed by atoms with Gasteiger partial charge in [-0.15, -0.1) is 0 Å². The molecule has 2 fully saturated rings. The Morgan fingerprint density at radius 2 is 1.68 bits per heavy atom. The molecule has 0 aliphatic carbocycles. The van der Waals surface area contributed by atoms with Crippen LogP contribution in [0.2, 0.25) is 0 Å². The summed E-state index contributed by atoms with van der Waals surface area (Å²) in [5.74, 6) is 1.81. The van der Waals surface area contributed by atoms with Gasteiger partial charge in [-0.3, -0.25) is 9.59 Å². The van der Waals surface area contributed by atoms with Crippen molar-refractivity contribution in [2.45, 2.75) is 20.3 Å². The van der Waals surface area contributed by atoms with E-state index >= 15 is 0 Å². The third-order valence-corrected chi connectivity index (χ3v) is 6.90. The van der Waals surface area contributed by atoms with Gasteiger partial charge in [-0.2, -0.15) is 4.98 Å². The van der Waals surface area contributed by atoms with Crippen LogP contribution in [0.1, 0.15) is 17.7 Å². The summed E-state index contributed by atoms with van der Waals surface area (Å²) in [5, 5.41) is 3.36. The van der Waals surface area contributed by atoms with Crippen molar-refractivity contribution in [1.29, 1.82) is 0 Å². The third kappa shape index (κ3) is 5.50. The number of anilines is 4. The zero-order valence-electron chi connectivity index (χ0n) is 21.5. The Balaban J connectivity index is 1.19. The average Bonchev–Trinajstić information content (AvgIpc) is 3.31. The van der Waals surface area contributed by atoms with Crippen molar-refractivity contribution in [3.8, 4) is 5.75 Å². The minimum Gasteiger partial charge on any atom is -0.497 e. The number of nitrogens with one attached hydrogen (secondary N) is 1. The van der Waals surface area contributed by atoms with Crippen LogP contribution in [0, 0.1) is 19.8 Å². The first-order valence-corrected chi connectivity index (χ1v) is 12.6. The maximum Gasteiger partial charge on any atom is 0.228 e. The van der Waals surface area contributed by atoms with Crippen molar-refractivity contribution >= 4 is 35.0 Å². The summed E-state index contributed by atoms with van der Waals surface area (Å²) in [5.41, 5.74) is 3.84. The molecular formula is C28H32N6O3. The smallest absolute Gasteiger partial charge is 0.228 e. The van der Waals surface area contributed by atoms with Gasteiger partial charge in [0.2, 0.25) is 17.8 Å². The van der Waals surface area contributed by atoms with E-state index in [9.17, 15) is 9.59 Å². The van der Waals surface area contributed by atoms with E-state index in [1.54, 1.807) is 12.0 Å². The van der Waals surface area contributed by atoms with Crippen molar-refractivity contribution in [3.63, 3.8) is 0 Å². The van der Waals surface area contributed by atoms with Gasteiger partial charge in [0.1, 0.15) is 11.6 Å². The summed E-state index contributed by atoms with van der Waals surface area (Å²) < 4.78 is 5.20. The molecule has 0 saturated carbocycles. The summed E-state index contributed by atoms with van der Waals surface area (Å²) in [7, 11) is 1.61. The number of methoxy groups -OCH3 is 1. The molecule has 5 rings (SSSR count). The Bertz CT molecular complexity index is 1270. The summed E-state index contributed by atoms with van der Waals surface area (Å²) in [6, 6.07) is 17.5. The van der Waals surface area contributed by atoms with Crippen LogP contribution in [0.15, 0.2) is 54.6 Å². The fourth-order valence-electron chi connectivity index (χ4n) is 4.81. The summed E-state index contributed by atoms with van der Waals surface area (Å²) in [6.45, 7) is 6.84. The first-order valence-electron chi connectivity index (χ1n) is 12.6. The lowest BCUT2D eigenvalue weighted by Crippen LogP contribution is -2.51. The van der Waals surface area contributed by atoms with E-state index in [0.717, 1.165) is 28.6 Å². The van der Waals surface area contributed by atoms with Gasteiger partial charge < -0.3 is 24.8 Å². The van der Waals surface area contributed by atoms with Gasteiger partial charge in [-0.25, -0.2) is 4.98 Å². The van der Waals surface area contributed by atoms with Gasteiger partial charge in [-0.1, -0.05) is 17.7 Å². The highest BCUT2D eigenvalue weighted by atomic mass is 16.5. The highest BCUT2D eigenvalue weighted by Gasteiger charge is 2.38. The number of nitrogens with zero attached hydrogens (tertiary/aromatic N) is 5. The predicted molar refractivity (Wildman–Crippen MR) is 143 cm³/mol. The van der Waals surface area contributed by atoms with Crippen LogP contribution < -0.4 is 19.9 Å². The molecule has 2 aliphatic heterocycles. The molecule has 1 atom stereocenters. The number of ether oxygens (including phenoxy) is 1. The maximum absolute atomic E-state index is 13.3. The Labute approximate surface area is 217 Å². The van der Waals surface area contributed by atoms with Gasteiger partial charge in [0, 0.05) is 62.3 Å². The molecule has 192 valence electrons. The molecule has 9 heteroatoms. The molecular weight excluding hydrogens is 468 g/mol. The number of hydrogen-bond acceptors (Lipinski definition) is 7. The zero-order chi connectivity index (χ0) is 25.9. The first-order chi connectivity index (χ1) is 17.9. The highest BCUT2D eigenvalue weighted by Crippen LogP contribution is 2.28. The summed E-state index contributed by atoms with van der Waals surface area (Å²) in [6.07, 6.45) is 0.236. The summed E-state index contributed by atoms with van der Waals surface area (Å²) in [4.78, 5) is 41.0. The van der Waals surface area contributed by atoms with E-state index in [1.807, 2.05) is 54.3 Å². The SMILES string of the molecule is COc1ccc(N2CC(C(=O)N3CCN(c4nc(C)cc(Nc5ccc(C)cc5)n4)CC3)CC2=O)cc1. The number of aromatic nitrogens is 2. The number of hydrogen-bond donors (Lipinski definition) is 1. The van der Waals surface area contributed by atoms with Crippen LogP contribution in [0.25, 0.3) is 0 Å². The van der Waals surface area contributed by atoms with Gasteiger partial charge >= 0.3 is 0 Å². The third-order valence-electron chi connectivity index (χ3n) is 6.90. The lowest BCUT2D eigenvalue weighted by Gasteiger charge is -2.36. The van der Waals surface area contributed by atoms with E-state index in [4.69, 9.17) is 9.72 Å². The van der Waals surface area contributed by atoms with Crippen molar-refractivity contribution < 1.29 is 14.3 Å². The monoisotopic (exact) mass is 500 g/mol. The molecule has 1 unspecified atom stereocenters. The number of amides is 2. The van der Waals surface area contributed by atoms with Gasteiger partial charge in [0.05, 0.1) is 13.0 Å². The predicted octanol–water partition coefficient (Wildman–Crippen LogP) is 3.55. The number of rotatable bonds is 6. The van der Waals surface area contributed by atoms with Crippen LogP contribution in [-0.4, -0.2) is 66.5 Å². The Kier molecular flexibility index (Phi) is 6.94. The standard InChI is InChI=1S/C28H32N6O3/c1-19-4-6-22(7-5-19)30-25-16-20(2)29-28(31-25)33-14-12-32(13-15-33)27(36)21-17-26(35)34(18-21)23-8-10-24(37-3)11-9-23/h4-11,16,21H,12-15,17-18H2,1-3H3,(H,29,30,31). The number of piperazine rings is 1. The lowest BCUT2D eigenvalue weighted by molar-refractivity contribution is -0.136. The van der Waals surface area contributed by atoms with Crippen molar-refractivity contribution in [1.82, 2.24) is 14.9 Å². The maximum atomic E-state index is 13.3. The van der Waals surface area contributed by atoms with Gasteiger partial charge in [0.25, 0.3) is 0 Å². The Morgan fingerprint density at radius 1 is 0.973 bits per heavy atom. The van der Waals surface area contributed by atoms with Crippen molar-refractivity contribution in [3.05, 3.63) is 65.9 Å². The zero-order valence-corrected chi connectivity index (χ0v) is 21.5. The molecule has 0 radical (unpaired) electrons. The van der Waals surface area contributed by atoms with Crippen LogP contribution in [0.5, 0.6) is 5.75 Å². The minimum atomic E-state index is -0.332. The quantitative estimate of drug-likeness (QED) is 0.554. The molecule has 0 bridgehead atoms. The normalized spacial score (nSPS) is 17.8.